The molecule has 0 atom stereocenters. The van der Waals surface area contributed by atoms with Crippen molar-refractivity contribution in [2.75, 3.05) is 13.1 Å². The van der Waals surface area contributed by atoms with E-state index in [0.717, 1.165) is 29.9 Å². The summed E-state index contributed by atoms with van der Waals surface area (Å²) in [5.74, 6) is 0. The molecule has 1 aromatic heterocycles. The lowest BCUT2D eigenvalue weighted by atomic mass is 10.1. The van der Waals surface area contributed by atoms with Gasteiger partial charge in [0.25, 0.3) is 0 Å². The van der Waals surface area contributed by atoms with Crippen molar-refractivity contribution in [1.29, 1.82) is 0 Å². The van der Waals surface area contributed by atoms with E-state index in [1.165, 1.54) is 22.5 Å². The molecular formula is C18H22ClN3OS. The van der Waals surface area contributed by atoms with Gasteiger partial charge in [-0.15, -0.1) is 12.4 Å². The lowest BCUT2D eigenvalue weighted by Gasteiger charge is -2.22. The summed E-state index contributed by atoms with van der Waals surface area (Å²) in [7, 11) is 1.82. The number of aryl methyl sites for hydroxylation is 1. The molecule has 1 heterocycles. The Morgan fingerprint density at radius 1 is 1.08 bits per heavy atom. The van der Waals surface area contributed by atoms with Gasteiger partial charge in [-0.1, -0.05) is 47.7 Å². The second-order valence-electron chi connectivity index (χ2n) is 5.71. The topological polar surface area (TPSA) is 51.3 Å². The summed E-state index contributed by atoms with van der Waals surface area (Å²) < 4.78 is 2.74. The number of aromatic nitrogens is 1. The van der Waals surface area contributed by atoms with E-state index in [1.807, 2.05) is 19.2 Å². The third-order valence-electron chi connectivity index (χ3n) is 3.96. The molecule has 0 aliphatic carbocycles. The van der Waals surface area contributed by atoms with Crippen LogP contribution >= 0.6 is 23.7 Å². The van der Waals surface area contributed by atoms with E-state index in [2.05, 4.69) is 41.3 Å². The number of rotatable bonds is 6. The molecule has 2 N–H and O–H groups in total. The van der Waals surface area contributed by atoms with Gasteiger partial charge in [0.1, 0.15) is 0 Å². The van der Waals surface area contributed by atoms with Crippen molar-refractivity contribution >= 4 is 34.0 Å². The van der Waals surface area contributed by atoms with Gasteiger partial charge in [-0.3, -0.25) is 9.69 Å². The second kappa shape index (κ2) is 8.44. The summed E-state index contributed by atoms with van der Waals surface area (Å²) >= 11 is 1.30. The molecule has 0 amide bonds. The maximum absolute atomic E-state index is 11.8. The van der Waals surface area contributed by atoms with Crippen LogP contribution in [0.25, 0.3) is 10.2 Å². The fourth-order valence-corrected chi connectivity index (χ4v) is 3.72. The van der Waals surface area contributed by atoms with Crippen LogP contribution in [-0.2, 0) is 20.1 Å². The van der Waals surface area contributed by atoms with Crippen molar-refractivity contribution in [1.82, 2.24) is 9.47 Å². The van der Waals surface area contributed by atoms with Crippen molar-refractivity contribution in [3.8, 4) is 0 Å². The molecular weight excluding hydrogens is 342 g/mol. The normalized spacial score (nSPS) is 11.0. The Labute approximate surface area is 151 Å². The molecule has 4 nitrogen and oxygen atoms in total. The molecule has 0 unspecified atom stereocenters. The van der Waals surface area contributed by atoms with Crippen LogP contribution in [0.1, 0.15) is 11.1 Å². The van der Waals surface area contributed by atoms with Crippen LogP contribution in [0, 0.1) is 0 Å². The highest BCUT2D eigenvalue weighted by Gasteiger charge is 2.09. The van der Waals surface area contributed by atoms with Gasteiger partial charge in [0.2, 0.25) is 0 Å². The summed E-state index contributed by atoms with van der Waals surface area (Å²) in [4.78, 5) is 14.2. The predicted octanol–water partition coefficient (Wildman–Crippen LogP) is 2.98. The Morgan fingerprint density at radius 3 is 2.50 bits per heavy atom. The predicted molar refractivity (Wildman–Crippen MR) is 104 cm³/mol. The molecule has 0 saturated carbocycles. The summed E-state index contributed by atoms with van der Waals surface area (Å²) in [5, 5.41) is 0. The molecule has 6 heteroatoms. The minimum absolute atomic E-state index is 0. The third-order valence-corrected chi connectivity index (χ3v) is 4.95. The summed E-state index contributed by atoms with van der Waals surface area (Å²) in [6.45, 7) is 3.19. The number of hydrogen-bond donors (Lipinski definition) is 1. The first-order valence-corrected chi connectivity index (χ1v) is 8.54. The average Bonchev–Trinajstić information content (AvgIpc) is 2.83. The largest absolute Gasteiger partial charge is 0.329 e. The first kappa shape index (κ1) is 18.7. The van der Waals surface area contributed by atoms with E-state index >= 15 is 0 Å². The van der Waals surface area contributed by atoms with Crippen LogP contribution in [-0.4, -0.2) is 22.6 Å². The summed E-state index contributed by atoms with van der Waals surface area (Å²) in [6.07, 6.45) is 0. The van der Waals surface area contributed by atoms with Crippen LogP contribution in [0.4, 0.5) is 0 Å². The van der Waals surface area contributed by atoms with Crippen LogP contribution < -0.4 is 10.6 Å². The fraction of sp³-hybridized carbons (Fsp3) is 0.278. The monoisotopic (exact) mass is 363 g/mol. The molecule has 128 valence electrons. The molecule has 24 heavy (non-hydrogen) atoms. The number of halogens is 1. The quantitative estimate of drug-likeness (QED) is 0.732. The summed E-state index contributed by atoms with van der Waals surface area (Å²) in [5.41, 5.74) is 9.26. The number of nitrogens with zero attached hydrogens (tertiary/aromatic N) is 2. The van der Waals surface area contributed by atoms with Gasteiger partial charge in [0.15, 0.2) is 0 Å². The van der Waals surface area contributed by atoms with E-state index in [9.17, 15) is 4.79 Å². The Hall–Kier alpha value is -1.66. The Morgan fingerprint density at radius 2 is 1.79 bits per heavy atom. The number of benzene rings is 2. The van der Waals surface area contributed by atoms with Crippen molar-refractivity contribution < 1.29 is 0 Å². The Bertz CT molecular complexity index is 844. The van der Waals surface area contributed by atoms with Gasteiger partial charge in [0, 0.05) is 33.2 Å². The highest BCUT2D eigenvalue weighted by atomic mass is 35.5. The average molecular weight is 364 g/mol. The molecule has 0 bridgehead atoms. The lowest BCUT2D eigenvalue weighted by Crippen LogP contribution is -2.28. The minimum atomic E-state index is 0. The van der Waals surface area contributed by atoms with Crippen LogP contribution in [0.15, 0.2) is 53.3 Å². The van der Waals surface area contributed by atoms with Crippen molar-refractivity contribution in [2.24, 2.45) is 12.8 Å². The lowest BCUT2D eigenvalue weighted by molar-refractivity contribution is 0.264. The highest BCUT2D eigenvalue weighted by Crippen LogP contribution is 2.19. The standard InChI is InChI=1S/C18H21N3OS.ClH/c1-20-16-8-7-15(11-17(16)23-18(20)22)13-21(10-9-19)12-14-5-3-2-4-6-14;/h2-8,11H,9-10,12-13,19H2,1H3;1H. The smallest absolute Gasteiger partial charge is 0.307 e. The SMILES string of the molecule is Cl.Cn1c(=O)sc2cc(CN(CCN)Cc3ccccc3)ccc21. The van der Waals surface area contributed by atoms with E-state index in [1.54, 1.807) is 4.57 Å². The zero-order valence-corrected chi connectivity index (χ0v) is 15.3. The zero-order chi connectivity index (χ0) is 16.2. The molecule has 2 aromatic carbocycles. The maximum Gasteiger partial charge on any atom is 0.307 e. The van der Waals surface area contributed by atoms with Gasteiger partial charge < -0.3 is 10.3 Å². The number of hydrogen-bond acceptors (Lipinski definition) is 4. The second-order valence-corrected chi connectivity index (χ2v) is 6.71. The highest BCUT2D eigenvalue weighted by molar-refractivity contribution is 7.16. The van der Waals surface area contributed by atoms with Crippen molar-refractivity contribution in [2.45, 2.75) is 13.1 Å². The van der Waals surface area contributed by atoms with Crippen LogP contribution in [0.5, 0.6) is 0 Å². The van der Waals surface area contributed by atoms with E-state index in [4.69, 9.17) is 5.73 Å². The van der Waals surface area contributed by atoms with E-state index < -0.39 is 0 Å². The number of fused-ring (bicyclic) bond motifs is 1. The van der Waals surface area contributed by atoms with Crippen molar-refractivity contribution in [3.63, 3.8) is 0 Å². The molecule has 0 aliphatic heterocycles. The molecule has 3 rings (SSSR count). The molecule has 0 fully saturated rings. The molecule has 0 radical (unpaired) electrons. The van der Waals surface area contributed by atoms with Gasteiger partial charge in [-0.25, -0.2) is 0 Å². The van der Waals surface area contributed by atoms with Gasteiger partial charge in [0.05, 0.1) is 10.2 Å². The van der Waals surface area contributed by atoms with E-state index in [-0.39, 0.29) is 17.3 Å². The minimum Gasteiger partial charge on any atom is -0.329 e. The number of nitrogens with two attached hydrogens (primary N) is 1. The zero-order valence-electron chi connectivity index (χ0n) is 13.6. The van der Waals surface area contributed by atoms with Crippen molar-refractivity contribution in [3.05, 3.63) is 69.3 Å². The van der Waals surface area contributed by atoms with E-state index in [0.29, 0.717) is 6.54 Å². The van der Waals surface area contributed by atoms with Gasteiger partial charge in [-0.2, -0.15) is 0 Å². The molecule has 0 aliphatic rings. The fourth-order valence-electron chi connectivity index (χ4n) is 2.77. The van der Waals surface area contributed by atoms with Gasteiger partial charge in [-0.05, 0) is 23.3 Å². The molecule has 0 saturated heterocycles. The molecule has 3 aromatic rings. The summed E-state index contributed by atoms with van der Waals surface area (Å²) in [6, 6.07) is 16.7. The maximum atomic E-state index is 11.8. The molecule has 0 spiro atoms. The van der Waals surface area contributed by atoms with Gasteiger partial charge >= 0.3 is 4.87 Å². The van der Waals surface area contributed by atoms with Crippen LogP contribution in [0.2, 0.25) is 0 Å². The Kier molecular flexibility index (Phi) is 6.57. The number of thiazole rings is 1. The third kappa shape index (κ3) is 4.24. The Balaban J connectivity index is 0.00000208. The first-order valence-electron chi connectivity index (χ1n) is 7.72. The first-order chi connectivity index (χ1) is 11.2. The van der Waals surface area contributed by atoms with Crippen LogP contribution in [0.3, 0.4) is 0 Å².